The molecular weight excluding hydrogens is 252 g/mol. The first kappa shape index (κ1) is 14.7. The predicted molar refractivity (Wildman–Crippen MR) is 81.0 cm³/mol. The van der Waals surface area contributed by atoms with Gasteiger partial charge >= 0.3 is 0 Å². The Morgan fingerprint density at radius 1 is 1.35 bits per heavy atom. The van der Waals surface area contributed by atoms with Crippen molar-refractivity contribution in [3.63, 3.8) is 0 Å². The third kappa shape index (κ3) is 4.15. The number of carbonyl (C=O) groups is 1. The van der Waals surface area contributed by atoms with Crippen molar-refractivity contribution < 1.29 is 9.53 Å². The number of ether oxygens (including phenoxy) is 1. The summed E-state index contributed by atoms with van der Waals surface area (Å²) in [6.07, 6.45) is 5.17. The van der Waals surface area contributed by atoms with Crippen LogP contribution >= 0.6 is 0 Å². The molecule has 0 saturated heterocycles. The summed E-state index contributed by atoms with van der Waals surface area (Å²) in [4.78, 5) is 11.2. The number of anilines is 1. The van der Waals surface area contributed by atoms with E-state index in [-0.39, 0.29) is 12.5 Å². The maximum absolute atomic E-state index is 11.2. The van der Waals surface area contributed by atoms with Gasteiger partial charge in [-0.1, -0.05) is 25.8 Å². The second-order valence-corrected chi connectivity index (χ2v) is 5.50. The first-order valence-electron chi connectivity index (χ1n) is 7.39. The summed E-state index contributed by atoms with van der Waals surface area (Å²) in [7, 11) is 1.61. The fourth-order valence-electron chi connectivity index (χ4n) is 2.64. The van der Waals surface area contributed by atoms with Crippen molar-refractivity contribution in [1.29, 1.82) is 0 Å². The zero-order valence-electron chi connectivity index (χ0n) is 12.3. The number of hydrogen-bond donors (Lipinski definition) is 2. The molecule has 0 aliphatic heterocycles. The molecule has 4 nitrogen and oxygen atoms in total. The third-order valence-corrected chi connectivity index (χ3v) is 3.95. The molecule has 2 N–H and O–H groups in total. The van der Waals surface area contributed by atoms with E-state index >= 15 is 0 Å². The van der Waals surface area contributed by atoms with Gasteiger partial charge < -0.3 is 15.4 Å². The highest BCUT2D eigenvalue weighted by Crippen LogP contribution is 2.27. The molecule has 0 aromatic heterocycles. The molecule has 1 aromatic carbocycles. The lowest BCUT2D eigenvalue weighted by molar-refractivity contribution is -0.122. The summed E-state index contributed by atoms with van der Waals surface area (Å²) < 4.78 is 5.46. The molecule has 1 fully saturated rings. The summed E-state index contributed by atoms with van der Waals surface area (Å²) in [6.45, 7) is 2.36. The van der Waals surface area contributed by atoms with Crippen LogP contribution in [0, 0.1) is 5.92 Å². The monoisotopic (exact) mass is 276 g/mol. The molecule has 2 rings (SSSR count). The van der Waals surface area contributed by atoms with Crippen molar-refractivity contribution in [3.05, 3.63) is 24.3 Å². The van der Waals surface area contributed by atoms with Gasteiger partial charge in [0.25, 0.3) is 5.91 Å². The Labute approximate surface area is 120 Å². The van der Waals surface area contributed by atoms with Crippen molar-refractivity contribution in [2.24, 2.45) is 5.92 Å². The number of benzene rings is 1. The maximum atomic E-state index is 11.2. The molecular formula is C16H24N2O2. The normalized spacial score (nSPS) is 22.1. The van der Waals surface area contributed by atoms with E-state index in [1.165, 1.54) is 25.7 Å². The minimum Gasteiger partial charge on any atom is -0.484 e. The van der Waals surface area contributed by atoms with Gasteiger partial charge in [0.2, 0.25) is 0 Å². The van der Waals surface area contributed by atoms with Crippen molar-refractivity contribution in [3.8, 4) is 5.75 Å². The fraction of sp³-hybridized carbons (Fsp3) is 0.562. The lowest BCUT2D eigenvalue weighted by Gasteiger charge is -2.30. The Kier molecular flexibility index (Phi) is 5.27. The quantitative estimate of drug-likeness (QED) is 0.869. The van der Waals surface area contributed by atoms with Crippen molar-refractivity contribution in [2.45, 2.75) is 38.6 Å². The molecule has 0 heterocycles. The fourth-order valence-corrected chi connectivity index (χ4v) is 2.64. The average molecular weight is 276 g/mol. The van der Waals surface area contributed by atoms with Gasteiger partial charge in [-0.3, -0.25) is 4.79 Å². The number of carbonyl (C=O) groups excluding carboxylic acids is 1. The van der Waals surface area contributed by atoms with Crippen LogP contribution in [0.3, 0.4) is 0 Å². The predicted octanol–water partition coefficient (Wildman–Crippen LogP) is 2.80. The Morgan fingerprint density at radius 3 is 2.90 bits per heavy atom. The van der Waals surface area contributed by atoms with Crippen LogP contribution in [0.4, 0.5) is 5.69 Å². The Morgan fingerprint density at radius 2 is 2.15 bits per heavy atom. The number of hydrogen-bond acceptors (Lipinski definition) is 3. The number of nitrogens with one attached hydrogen (secondary N) is 2. The molecule has 1 amide bonds. The van der Waals surface area contributed by atoms with E-state index in [2.05, 4.69) is 17.6 Å². The highest BCUT2D eigenvalue weighted by atomic mass is 16.5. The molecule has 20 heavy (non-hydrogen) atoms. The van der Waals surface area contributed by atoms with Gasteiger partial charge in [0.1, 0.15) is 5.75 Å². The maximum Gasteiger partial charge on any atom is 0.257 e. The van der Waals surface area contributed by atoms with E-state index in [1.807, 2.05) is 24.3 Å². The highest BCUT2D eigenvalue weighted by Gasteiger charge is 2.20. The molecule has 0 bridgehead atoms. The molecule has 4 heteroatoms. The Bertz CT molecular complexity index is 448. The van der Waals surface area contributed by atoms with Crippen LogP contribution in [-0.4, -0.2) is 25.6 Å². The minimum atomic E-state index is -0.121. The van der Waals surface area contributed by atoms with Gasteiger partial charge in [0.05, 0.1) is 0 Å². The van der Waals surface area contributed by atoms with E-state index in [9.17, 15) is 4.79 Å². The van der Waals surface area contributed by atoms with Gasteiger partial charge in [-0.25, -0.2) is 0 Å². The van der Waals surface area contributed by atoms with Crippen LogP contribution in [0.15, 0.2) is 24.3 Å². The van der Waals surface area contributed by atoms with E-state index in [0.29, 0.717) is 12.0 Å². The molecule has 1 saturated carbocycles. The van der Waals surface area contributed by atoms with Crippen LogP contribution < -0.4 is 15.4 Å². The zero-order valence-corrected chi connectivity index (χ0v) is 12.3. The van der Waals surface area contributed by atoms with Crippen LogP contribution in [-0.2, 0) is 4.79 Å². The smallest absolute Gasteiger partial charge is 0.257 e. The molecule has 1 aliphatic rings. The zero-order chi connectivity index (χ0) is 14.4. The molecule has 1 aliphatic carbocycles. The summed E-state index contributed by atoms with van der Waals surface area (Å²) in [6, 6.07) is 8.38. The molecule has 2 atom stereocenters. The molecule has 1 aromatic rings. The Hall–Kier alpha value is -1.71. The molecule has 0 radical (unpaired) electrons. The van der Waals surface area contributed by atoms with Crippen LogP contribution in [0.5, 0.6) is 5.75 Å². The van der Waals surface area contributed by atoms with E-state index < -0.39 is 0 Å². The van der Waals surface area contributed by atoms with Crippen LogP contribution in [0.25, 0.3) is 0 Å². The van der Waals surface area contributed by atoms with Crippen molar-refractivity contribution >= 4 is 11.6 Å². The topological polar surface area (TPSA) is 50.4 Å². The lowest BCUT2D eigenvalue weighted by atomic mass is 9.86. The summed E-state index contributed by atoms with van der Waals surface area (Å²) in [5, 5.41) is 6.13. The van der Waals surface area contributed by atoms with Gasteiger partial charge in [-0.2, -0.15) is 0 Å². The SMILES string of the molecule is CNC(=O)COc1cccc(NC2CCCCC2C)c1. The standard InChI is InChI=1S/C16H24N2O2/c1-12-6-3-4-9-15(12)18-13-7-5-8-14(10-13)20-11-16(19)17-2/h5,7-8,10,12,15,18H,3-4,6,9,11H2,1-2H3,(H,17,19). The molecule has 110 valence electrons. The number of rotatable bonds is 5. The third-order valence-electron chi connectivity index (χ3n) is 3.95. The van der Waals surface area contributed by atoms with Crippen LogP contribution in [0.1, 0.15) is 32.6 Å². The average Bonchev–Trinajstić information content (AvgIpc) is 2.47. The van der Waals surface area contributed by atoms with Crippen molar-refractivity contribution in [1.82, 2.24) is 5.32 Å². The van der Waals surface area contributed by atoms with E-state index in [0.717, 1.165) is 11.4 Å². The molecule has 0 spiro atoms. The lowest BCUT2D eigenvalue weighted by Crippen LogP contribution is -2.30. The van der Waals surface area contributed by atoms with Gasteiger partial charge in [0.15, 0.2) is 6.61 Å². The number of likely N-dealkylation sites (N-methyl/N-ethyl adjacent to an activating group) is 1. The van der Waals surface area contributed by atoms with Crippen LogP contribution in [0.2, 0.25) is 0 Å². The van der Waals surface area contributed by atoms with Crippen molar-refractivity contribution in [2.75, 3.05) is 19.0 Å². The van der Waals surface area contributed by atoms with E-state index in [1.54, 1.807) is 7.05 Å². The second-order valence-electron chi connectivity index (χ2n) is 5.50. The summed E-state index contributed by atoms with van der Waals surface area (Å²) in [5.41, 5.74) is 1.07. The Balaban J connectivity index is 1.93. The molecule has 2 unspecified atom stereocenters. The van der Waals surface area contributed by atoms with Gasteiger partial charge in [-0.05, 0) is 30.9 Å². The summed E-state index contributed by atoms with van der Waals surface area (Å²) in [5.74, 6) is 1.31. The van der Waals surface area contributed by atoms with Gasteiger partial charge in [0, 0.05) is 24.8 Å². The van der Waals surface area contributed by atoms with Gasteiger partial charge in [-0.15, -0.1) is 0 Å². The highest BCUT2D eigenvalue weighted by molar-refractivity contribution is 5.77. The summed E-state index contributed by atoms with van der Waals surface area (Å²) >= 11 is 0. The minimum absolute atomic E-state index is 0.0553. The largest absolute Gasteiger partial charge is 0.484 e. The number of amides is 1. The first-order chi connectivity index (χ1) is 9.69. The second kappa shape index (κ2) is 7.17. The van der Waals surface area contributed by atoms with E-state index in [4.69, 9.17) is 4.74 Å². The first-order valence-corrected chi connectivity index (χ1v) is 7.39.